The molecule has 152 valence electrons. The second-order valence-electron chi connectivity index (χ2n) is 6.36. The van der Waals surface area contributed by atoms with E-state index in [1.54, 1.807) is 12.3 Å². The normalized spacial score (nSPS) is 10.7. The van der Waals surface area contributed by atoms with E-state index in [9.17, 15) is 14.9 Å². The van der Waals surface area contributed by atoms with Gasteiger partial charge in [0.15, 0.2) is 6.73 Å². The van der Waals surface area contributed by atoms with Crippen LogP contribution in [0.25, 0.3) is 0 Å². The third-order valence-corrected chi connectivity index (χ3v) is 4.70. The number of nitro groups is 1. The third kappa shape index (κ3) is 5.11. The van der Waals surface area contributed by atoms with Gasteiger partial charge in [-0.05, 0) is 43.2 Å². The Bertz CT molecular complexity index is 1020. The van der Waals surface area contributed by atoms with Gasteiger partial charge in [-0.3, -0.25) is 19.6 Å². The van der Waals surface area contributed by atoms with E-state index in [1.165, 1.54) is 15.6 Å². The molecule has 0 atom stereocenters. The van der Waals surface area contributed by atoms with E-state index in [4.69, 9.17) is 16.3 Å². The van der Waals surface area contributed by atoms with Crippen LogP contribution in [0.4, 0.5) is 5.69 Å². The van der Waals surface area contributed by atoms with Gasteiger partial charge in [0.25, 0.3) is 5.91 Å². The summed E-state index contributed by atoms with van der Waals surface area (Å²) >= 11 is 6.15. The molecule has 1 aromatic carbocycles. The smallest absolute Gasteiger partial charge is 0.306 e. The molecule has 0 fully saturated rings. The van der Waals surface area contributed by atoms with Crippen LogP contribution in [-0.2, 0) is 13.3 Å². The number of carbonyl (C=O) groups excluding carboxylic acids is 1. The number of carbonyl (C=O) groups is 1. The second-order valence-corrected chi connectivity index (χ2v) is 6.74. The van der Waals surface area contributed by atoms with Gasteiger partial charge in [-0.15, -0.1) is 0 Å². The van der Waals surface area contributed by atoms with Gasteiger partial charge < -0.3 is 10.1 Å². The van der Waals surface area contributed by atoms with E-state index in [-0.39, 0.29) is 30.6 Å². The lowest BCUT2D eigenvalue weighted by atomic mass is 10.1. The van der Waals surface area contributed by atoms with Gasteiger partial charge in [-0.2, -0.15) is 10.2 Å². The van der Waals surface area contributed by atoms with Gasteiger partial charge in [0, 0.05) is 17.8 Å². The number of ether oxygens (including phenoxy) is 1. The number of hydrogen-bond acceptors (Lipinski definition) is 6. The first kappa shape index (κ1) is 20.3. The van der Waals surface area contributed by atoms with E-state index < -0.39 is 4.92 Å². The number of aryl methyl sites for hydroxylation is 2. The van der Waals surface area contributed by atoms with Gasteiger partial charge in [0.05, 0.1) is 11.5 Å². The molecule has 0 unspecified atom stereocenters. The molecule has 1 amide bonds. The summed E-state index contributed by atoms with van der Waals surface area (Å²) in [6.45, 7) is 4.51. The number of aromatic nitrogens is 4. The van der Waals surface area contributed by atoms with E-state index in [0.717, 1.165) is 17.3 Å². The van der Waals surface area contributed by atoms with Gasteiger partial charge in [0.1, 0.15) is 23.8 Å². The molecular formula is C18H19ClN6O4. The fraction of sp³-hybridized carbons (Fsp3) is 0.278. The van der Waals surface area contributed by atoms with Crippen molar-refractivity contribution < 1.29 is 14.5 Å². The molecule has 0 aliphatic heterocycles. The SMILES string of the molecule is Cc1cc(OCn2ccc(C(=O)NCCn3cc([N+](=O)[O-])cn3)n2)cc(C)c1Cl. The molecule has 0 aliphatic carbocycles. The molecule has 0 aliphatic rings. The Labute approximate surface area is 171 Å². The van der Waals surface area contributed by atoms with Crippen molar-refractivity contribution in [1.82, 2.24) is 24.9 Å². The fourth-order valence-electron chi connectivity index (χ4n) is 2.63. The number of benzene rings is 1. The first-order valence-corrected chi connectivity index (χ1v) is 9.09. The van der Waals surface area contributed by atoms with Crippen LogP contribution in [0.2, 0.25) is 5.02 Å². The number of nitrogens with one attached hydrogen (secondary N) is 1. The highest BCUT2D eigenvalue weighted by molar-refractivity contribution is 6.32. The van der Waals surface area contributed by atoms with Crippen LogP contribution in [0.5, 0.6) is 5.75 Å². The summed E-state index contributed by atoms with van der Waals surface area (Å²) in [4.78, 5) is 22.3. The highest BCUT2D eigenvalue weighted by Crippen LogP contribution is 2.26. The summed E-state index contributed by atoms with van der Waals surface area (Å²) in [5.41, 5.74) is 1.99. The summed E-state index contributed by atoms with van der Waals surface area (Å²) in [5.74, 6) is 0.308. The van der Waals surface area contributed by atoms with E-state index in [1.807, 2.05) is 26.0 Å². The standard InChI is InChI=1S/C18H19ClN6O4/c1-12-7-15(8-13(2)17(12)19)29-11-24-5-3-16(22-24)18(26)20-4-6-23-10-14(9-21-23)25(27)28/h3,5,7-10H,4,6,11H2,1-2H3,(H,20,26). The minimum Gasteiger partial charge on any atom is -0.471 e. The molecule has 29 heavy (non-hydrogen) atoms. The van der Waals surface area contributed by atoms with E-state index >= 15 is 0 Å². The molecule has 11 heteroatoms. The van der Waals surface area contributed by atoms with Gasteiger partial charge in [-0.25, -0.2) is 4.68 Å². The molecule has 2 aromatic heterocycles. The summed E-state index contributed by atoms with van der Waals surface area (Å²) in [7, 11) is 0. The lowest BCUT2D eigenvalue weighted by Crippen LogP contribution is -2.28. The molecule has 0 spiro atoms. The van der Waals surface area contributed by atoms with Crippen LogP contribution in [0.3, 0.4) is 0 Å². The van der Waals surface area contributed by atoms with Gasteiger partial charge in [-0.1, -0.05) is 11.6 Å². The lowest BCUT2D eigenvalue weighted by molar-refractivity contribution is -0.385. The molecular weight excluding hydrogens is 400 g/mol. The maximum atomic E-state index is 12.2. The Morgan fingerprint density at radius 3 is 2.69 bits per heavy atom. The van der Waals surface area contributed by atoms with Crippen molar-refractivity contribution in [2.75, 3.05) is 6.54 Å². The molecule has 0 bridgehead atoms. The van der Waals surface area contributed by atoms with Crippen molar-refractivity contribution in [3.8, 4) is 5.75 Å². The summed E-state index contributed by atoms with van der Waals surface area (Å²) in [5, 5.41) is 22.1. The van der Waals surface area contributed by atoms with Gasteiger partial charge in [0.2, 0.25) is 0 Å². The minimum atomic E-state index is -0.524. The number of hydrogen-bond donors (Lipinski definition) is 1. The average Bonchev–Trinajstić information content (AvgIpc) is 3.34. The summed E-state index contributed by atoms with van der Waals surface area (Å²) in [6.07, 6.45) is 4.10. The van der Waals surface area contributed by atoms with E-state index in [0.29, 0.717) is 17.3 Å². The Hall–Kier alpha value is -3.40. The van der Waals surface area contributed by atoms with Crippen molar-refractivity contribution in [3.63, 3.8) is 0 Å². The van der Waals surface area contributed by atoms with Crippen LogP contribution in [0.15, 0.2) is 36.8 Å². The highest BCUT2D eigenvalue weighted by Gasteiger charge is 2.11. The van der Waals surface area contributed by atoms with E-state index in [2.05, 4.69) is 15.5 Å². The molecule has 0 saturated heterocycles. The zero-order valence-corrected chi connectivity index (χ0v) is 16.6. The van der Waals surface area contributed by atoms with Crippen molar-refractivity contribution in [3.05, 3.63) is 68.7 Å². The summed E-state index contributed by atoms with van der Waals surface area (Å²) in [6, 6.07) is 5.26. The van der Waals surface area contributed by atoms with Crippen LogP contribution < -0.4 is 10.1 Å². The minimum absolute atomic E-state index is 0.0962. The van der Waals surface area contributed by atoms with Crippen LogP contribution >= 0.6 is 11.6 Å². The molecule has 3 aromatic rings. The first-order valence-electron chi connectivity index (χ1n) is 8.71. The number of halogens is 1. The lowest BCUT2D eigenvalue weighted by Gasteiger charge is -2.10. The number of amides is 1. The Balaban J connectivity index is 1.49. The fourth-order valence-corrected chi connectivity index (χ4v) is 2.74. The van der Waals surface area contributed by atoms with Gasteiger partial charge >= 0.3 is 5.69 Å². The van der Waals surface area contributed by atoms with Crippen LogP contribution in [0, 0.1) is 24.0 Å². The van der Waals surface area contributed by atoms with Crippen molar-refractivity contribution >= 4 is 23.2 Å². The molecule has 0 saturated carbocycles. The maximum absolute atomic E-state index is 12.2. The Kier molecular flexibility index (Phi) is 6.13. The zero-order chi connectivity index (χ0) is 21.0. The number of nitrogens with zero attached hydrogens (tertiary/aromatic N) is 5. The first-order chi connectivity index (χ1) is 13.8. The Morgan fingerprint density at radius 2 is 2.03 bits per heavy atom. The van der Waals surface area contributed by atoms with Crippen molar-refractivity contribution in [2.45, 2.75) is 27.1 Å². The predicted octanol–water partition coefficient (Wildman–Crippen LogP) is 2.72. The predicted molar refractivity (Wildman–Crippen MR) is 105 cm³/mol. The largest absolute Gasteiger partial charge is 0.471 e. The molecule has 3 rings (SSSR count). The monoisotopic (exact) mass is 418 g/mol. The van der Waals surface area contributed by atoms with Crippen LogP contribution in [-0.4, -0.2) is 36.9 Å². The highest BCUT2D eigenvalue weighted by atomic mass is 35.5. The van der Waals surface area contributed by atoms with Crippen LogP contribution in [0.1, 0.15) is 21.6 Å². The molecule has 2 heterocycles. The quantitative estimate of drug-likeness (QED) is 0.444. The summed E-state index contributed by atoms with van der Waals surface area (Å²) < 4.78 is 8.60. The third-order valence-electron chi connectivity index (χ3n) is 4.10. The molecule has 0 radical (unpaired) electrons. The topological polar surface area (TPSA) is 117 Å². The average molecular weight is 419 g/mol. The maximum Gasteiger partial charge on any atom is 0.306 e. The Morgan fingerprint density at radius 1 is 1.31 bits per heavy atom. The molecule has 10 nitrogen and oxygen atoms in total. The second kappa shape index (κ2) is 8.74. The van der Waals surface area contributed by atoms with Crippen molar-refractivity contribution in [2.24, 2.45) is 0 Å². The zero-order valence-electron chi connectivity index (χ0n) is 15.8. The molecule has 1 N–H and O–H groups in total. The number of rotatable bonds is 8. The van der Waals surface area contributed by atoms with Crippen molar-refractivity contribution in [1.29, 1.82) is 0 Å².